The molecule has 2 fully saturated rings. The fourth-order valence-corrected chi connectivity index (χ4v) is 4.41. The Balaban J connectivity index is 1.54. The molecule has 2 aromatic rings. The molecule has 4 rings (SSSR count). The Hall–Kier alpha value is -1.81. The SMILES string of the molecule is Cc1cc(C)c2c(CC(=O)N3CCOC4(CCCC4)C3)coc2c1. The van der Waals surface area contributed by atoms with Crippen LogP contribution in [0.1, 0.15) is 42.4 Å². The Bertz CT molecular complexity index is 771. The largest absolute Gasteiger partial charge is 0.464 e. The molecule has 2 heterocycles. The standard InChI is InChI=1S/C20H25NO3/c1-14-9-15(2)19-16(12-23-17(19)10-14)11-18(22)21-7-8-24-20(13-21)5-3-4-6-20/h9-10,12H,3-8,11,13H2,1-2H3. The van der Waals surface area contributed by atoms with Crippen LogP contribution in [0.5, 0.6) is 0 Å². The summed E-state index contributed by atoms with van der Waals surface area (Å²) in [5.41, 5.74) is 4.17. The van der Waals surface area contributed by atoms with Crippen LogP contribution in [0.15, 0.2) is 22.8 Å². The highest BCUT2D eigenvalue weighted by atomic mass is 16.5. The Kier molecular flexibility index (Phi) is 3.87. The van der Waals surface area contributed by atoms with Crippen molar-refractivity contribution >= 4 is 16.9 Å². The summed E-state index contributed by atoms with van der Waals surface area (Å²) in [6, 6.07) is 4.19. The molecule has 1 aliphatic heterocycles. The van der Waals surface area contributed by atoms with Gasteiger partial charge in [0, 0.05) is 24.0 Å². The average molecular weight is 327 g/mol. The number of ether oxygens (including phenoxy) is 1. The minimum atomic E-state index is -0.0700. The molecule has 1 saturated carbocycles. The maximum Gasteiger partial charge on any atom is 0.227 e. The number of fused-ring (bicyclic) bond motifs is 1. The zero-order valence-electron chi connectivity index (χ0n) is 14.6. The first kappa shape index (κ1) is 15.7. The quantitative estimate of drug-likeness (QED) is 0.843. The van der Waals surface area contributed by atoms with Crippen LogP contribution in [0.4, 0.5) is 0 Å². The van der Waals surface area contributed by atoms with Crippen molar-refractivity contribution in [3.8, 4) is 0 Å². The first-order chi connectivity index (χ1) is 11.6. The second-order valence-electron chi connectivity index (χ2n) is 7.45. The summed E-state index contributed by atoms with van der Waals surface area (Å²) in [4.78, 5) is 14.9. The van der Waals surface area contributed by atoms with Gasteiger partial charge >= 0.3 is 0 Å². The Morgan fingerprint density at radius 2 is 2.04 bits per heavy atom. The molecule has 1 amide bonds. The van der Waals surface area contributed by atoms with Gasteiger partial charge in [0.1, 0.15) is 5.58 Å². The number of rotatable bonds is 2. The molecule has 0 N–H and O–H groups in total. The van der Waals surface area contributed by atoms with Gasteiger partial charge in [-0.05, 0) is 43.9 Å². The monoisotopic (exact) mass is 327 g/mol. The van der Waals surface area contributed by atoms with Gasteiger partial charge in [-0.2, -0.15) is 0 Å². The maximum absolute atomic E-state index is 12.9. The van der Waals surface area contributed by atoms with Crippen molar-refractivity contribution in [2.45, 2.75) is 51.6 Å². The highest BCUT2D eigenvalue weighted by molar-refractivity contribution is 5.90. The van der Waals surface area contributed by atoms with Gasteiger partial charge in [0.05, 0.1) is 24.9 Å². The number of amides is 1. The van der Waals surface area contributed by atoms with Gasteiger partial charge < -0.3 is 14.1 Å². The summed E-state index contributed by atoms with van der Waals surface area (Å²) >= 11 is 0. The first-order valence-electron chi connectivity index (χ1n) is 8.95. The average Bonchev–Trinajstić information content (AvgIpc) is 3.15. The molecule has 1 aromatic carbocycles. The van der Waals surface area contributed by atoms with E-state index in [1.807, 2.05) is 11.0 Å². The molecule has 0 unspecified atom stereocenters. The first-order valence-corrected chi connectivity index (χ1v) is 8.95. The number of carbonyl (C=O) groups excluding carboxylic acids is 1. The normalized spacial score (nSPS) is 20.2. The molecule has 0 bridgehead atoms. The minimum absolute atomic E-state index is 0.0700. The summed E-state index contributed by atoms with van der Waals surface area (Å²) in [6.07, 6.45) is 6.77. The second kappa shape index (κ2) is 5.92. The third-order valence-corrected chi connectivity index (χ3v) is 5.55. The highest BCUT2D eigenvalue weighted by Gasteiger charge is 2.40. The number of furan rings is 1. The van der Waals surface area contributed by atoms with E-state index in [2.05, 4.69) is 19.9 Å². The Labute approximate surface area is 142 Å². The molecule has 1 saturated heterocycles. The van der Waals surface area contributed by atoms with Gasteiger partial charge in [0.15, 0.2) is 0 Å². The Morgan fingerprint density at radius 3 is 2.83 bits per heavy atom. The molecular formula is C20H25NO3. The van der Waals surface area contributed by atoms with Crippen LogP contribution in [0.2, 0.25) is 0 Å². The lowest BCUT2D eigenvalue weighted by molar-refractivity contribution is -0.149. The van der Waals surface area contributed by atoms with E-state index >= 15 is 0 Å². The van der Waals surface area contributed by atoms with Crippen LogP contribution in [-0.2, 0) is 16.0 Å². The molecule has 4 heteroatoms. The van der Waals surface area contributed by atoms with Crippen molar-refractivity contribution in [2.24, 2.45) is 0 Å². The number of benzene rings is 1. The highest BCUT2D eigenvalue weighted by Crippen LogP contribution is 2.36. The van der Waals surface area contributed by atoms with Crippen molar-refractivity contribution < 1.29 is 13.9 Å². The topological polar surface area (TPSA) is 42.7 Å². The van der Waals surface area contributed by atoms with Crippen molar-refractivity contribution in [3.05, 3.63) is 35.1 Å². The smallest absolute Gasteiger partial charge is 0.227 e. The maximum atomic E-state index is 12.9. The Morgan fingerprint density at radius 1 is 1.25 bits per heavy atom. The van der Waals surface area contributed by atoms with Crippen LogP contribution in [0.25, 0.3) is 11.0 Å². The fourth-order valence-electron chi connectivity index (χ4n) is 4.41. The molecular weight excluding hydrogens is 302 g/mol. The second-order valence-corrected chi connectivity index (χ2v) is 7.45. The summed E-state index contributed by atoms with van der Waals surface area (Å²) in [5, 5.41) is 1.10. The molecule has 0 atom stereocenters. The third-order valence-electron chi connectivity index (χ3n) is 5.55. The van der Waals surface area contributed by atoms with E-state index in [0.717, 1.165) is 35.9 Å². The molecule has 0 radical (unpaired) electrons. The molecule has 1 spiro atoms. The molecule has 1 aromatic heterocycles. The number of hydrogen-bond acceptors (Lipinski definition) is 3. The van der Waals surface area contributed by atoms with Gasteiger partial charge in [0.2, 0.25) is 5.91 Å². The third kappa shape index (κ3) is 2.73. The fraction of sp³-hybridized carbons (Fsp3) is 0.550. The number of aryl methyl sites for hydroxylation is 2. The van der Waals surface area contributed by atoms with E-state index in [1.54, 1.807) is 6.26 Å². The lowest BCUT2D eigenvalue weighted by Crippen LogP contribution is -2.52. The van der Waals surface area contributed by atoms with E-state index in [4.69, 9.17) is 9.15 Å². The number of hydrogen-bond donors (Lipinski definition) is 0. The van der Waals surface area contributed by atoms with Crippen LogP contribution in [-0.4, -0.2) is 36.1 Å². The molecule has 2 aliphatic rings. The lowest BCUT2D eigenvalue weighted by atomic mass is 9.98. The predicted molar refractivity (Wildman–Crippen MR) is 93.1 cm³/mol. The van der Waals surface area contributed by atoms with Gasteiger partial charge in [0.25, 0.3) is 0 Å². The van der Waals surface area contributed by atoms with Gasteiger partial charge in [-0.25, -0.2) is 0 Å². The summed E-state index contributed by atoms with van der Waals surface area (Å²) in [6.45, 7) is 6.26. The van der Waals surface area contributed by atoms with E-state index in [0.29, 0.717) is 19.6 Å². The van der Waals surface area contributed by atoms with Crippen molar-refractivity contribution in [2.75, 3.05) is 19.7 Å². The molecule has 128 valence electrons. The van der Waals surface area contributed by atoms with Crippen molar-refractivity contribution in [1.29, 1.82) is 0 Å². The number of morpholine rings is 1. The summed E-state index contributed by atoms with van der Waals surface area (Å²) in [7, 11) is 0. The lowest BCUT2D eigenvalue weighted by Gasteiger charge is -2.40. The predicted octanol–water partition coefficient (Wildman–Crippen LogP) is 3.76. The van der Waals surface area contributed by atoms with Gasteiger partial charge in [-0.3, -0.25) is 4.79 Å². The number of nitrogens with zero attached hydrogens (tertiary/aromatic N) is 1. The van der Waals surface area contributed by atoms with E-state index < -0.39 is 0 Å². The van der Waals surface area contributed by atoms with Crippen molar-refractivity contribution in [3.63, 3.8) is 0 Å². The van der Waals surface area contributed by atoms with E-state index in [-0.39, 0.29) is 11.5 Å². The summed E-state index contributed by atoms with van der Waals surface area (Å²) < 4.78 is 11.7. The minimum Gasteiger partial charge on any atom is -0.464 e. The van der Waals surface area contributed by atoms with E-state index in [9.17, 15) is 4.79 Å². The van der Waals surface area contributed by atoms with Gasteiger partial charge in [-0.15, -0.1) is 0 Å². The zero-order chi connectivity index (χ0) is 16.7. The summed E-state index contributed by atoms with van der Waals surface area (Å²) in [5.74, 6) is 0.187. The molecule has 4 nitrogen and oxygen atoms in total. The van der Waals surface area contributed by atoms with Crippen LogP contribution in [0.3, 0.4) is 0 Å². The van der Waals surface area contributed by atoms with Crippen LogP contribution in [0, 0.1) is 13.8 Å². The molecule has 24 heavy (non-hydrogen) atoms. The van der Waals surface area contributed by atoms with E-state index in [1.165, 1.54) is 24.0 Å². The molecule has 1 aliphatic carbocycles. The van der Waals surface area contributed by atoms with Crippen LogP contribution < -0.4 is 0 Å². The van der Waals surface area contributed by atoms with Crippen molar-refractivity contribution in [1.82, 2.24) is 4.90 Å². The van der Waals surface area contributed by atoms with Crippen LogP contribution >= 0.6 is 0 Å². The van der Waals surface area contributed by atoms with Gasteiger partial charge in [-0.1, -0.05) is 18.9 Å². The zero-order valence-corrected chi connectivity index (χ0v) is 14.6. The number of carbonyl (C=O) groups is 1.